The van der Waals surface area contributed by atoms with Gasteiger partial charge in [-0.25, -0.2) is 4.79 Å². The molecule has 0 fully saturated rings. The zero-order valence-electron chi connectivity index (χ0n) is 19.9. The minimum Gasteiger partial charge on any atom is -0.507 e. The Labute approximate surface area is 195 Å². The van der Waals surface area contributed by atoms with Gasteiger partial charge < -0.3 is 25.6 Å². The Morgan fingerprint density at radius 3 is 2.36 bits per heavy atom. The molecule has 1 aliphatic rings. The molecule has 6 nitrogen and oxygen atoms in total. The summed E-state index contributed by atoms with van der Waals surface area (Å²) >= 11 is 0. The first-order valence-corrected chi connectivity index (χ1v) is 11.2. The molecule has 0 unspecified atom stereocenters. The number of phenolic OH excluding ortho intramolecular Hbond substituents is 1. The van der Waals surface area contributed by atoms with Gasteiger partial charge in [0, 0.05) is 41.7 Å². The molecule has 0 amide bonds. The van der Waals surface area contributed by atoms with E-state index in [0.29, 0.717) is 28.9 Å². The van der Waals surface area contributed by atoms with Crippen LogP contribution in [0.1, 0.15) is 54.2 Å². The van der Waals surface area contributed by atoms with Crippen molar-refractivity contribution in [2.45, 2.75) is 34.1 Å². The van der Waals surface area contributed by atoms with Crippen LogP contribution < -0.4 is 15.4 Å². The van der Waals surface area contributed by atoms with E-state index < -0.39 is 5.97 Å². The highest BCUT2D eigenvalue weighted by atomic mass is 16.5. The predicted octanol–water partition coefficient (Wildman–Crippen LogP) is 5.48. The number of anilines is 1. The molecule has 0 radical (unpaired) electrons. The van der Waals surface area contributed by atoms with Gasteiger partial charge in [-0.15, -0.1) is 0 Å². The summed E-state index contributed by atoms with van der Waals surface area (Å²) in [5.74, 6) is -0.397. The molecule has 1 aliphatic carbocycles. The average Bonchev–Trinajstić information content (AvgIpc) is 2.79. The van der Waals surface area contributed by atoms with E-state index in [1.807, 2.05) is 33.8 Å². The summed E-state index contributed by atoms with van der Waals surface area (Å²) in [6.07, 6.45) is 4.76. The van der Waals surface area contributed by atoms with Crippen LogP contribution in [0.5, 0.6) is 11.5 Å². The molecule has 6 heteroatoms. The van der Waals surface area contributed by atoms with Gasteiger partial charge in [0.05, 0.1) is 12.7 Å². The van der Waals surface area contributed by atoms with Crippen LogP contribution in [0.15, 0.2) is 59.3 Å². The fourth-order valence-electron chi connectivity index (χ4n) is 4.16. The second-order valence-electron chi connectivity index (χ2n) is 8.01. The fourth-order valence-corrected chi connectivity index (χ4v) is 4.16. The second kappa shape index (κ2) is 10.3. The zero-order chi connectivity index (χ0) is 24.1. The molecule has 0 bridgehead atoms. The summed E-state index contributed by atoms with van der Waals surface area (Å²) < 4.78 is 5.41. The van der Waals surface area contributed by atoms with Crippen molar-refractivity contribution in [3.05, 3.63) is 81.6 Å². The highest BCUT2D eigenvalue weighted by molar-refractivity contribution is 5.99. The van der Waals surface area contributed by atoms with Crippen LogP contribution in [0.25, 0.3) is 5.57 Å². The number of likely N-dealkylation sites (N-methyl/N-ethyl adjacent to an activating group) is 1. The van der Waals surface area contributed by atoms with Crippen LogP contribution in [-0.2, 0) is 0 Å². The Bertz CT molecular complexity index is 1160. The van der Waals surface area contributed by atoms with Crippen molar-refractivity contribution in [2.75, 3.05) is 25.5 Å². The number of aromatic carboxylic acids is 1. The number of carboxylic acid groups (broad SMARTS) is 1. The lowest BCUT2D eigenvalue weighted by atomic mass is 9.85. The van der Waals surface area contributed by atoms with Crippen LogP contribution in [0.4, 0.5) is 5.69 Å². The molecule has 3 rings (SSSR count). The predicted molar refractivity (Wildman–Crippen MR) is 133 cm³/mol. The molecule has 0 saturated heterocycles. The number of rotatable bonds is 8. The molecule has 0 atom stereocenters. The second-order valence-corrected chi connectivity index (χ2v) is 8.01. The third-order valence-electron chi connectivity index (χ3n) is 5.74. The zero-order valence-corrected chi connectivity index (χ0v) is 19.9. The van der Waals surface area contributed by atoms with Gasteiger partial charge in [0.15, 0.2) is 0 Å². The number of benzene rings is 2. The van der Waals surface area contributed by atoms with E-state index in [1.54, 1.807) is 31.4 Å². The number of phenols is 1. The van der Waals surface area contributed by atoms with E-state index in [9.17, 15) is 15.0 Å². The summed E-state index contributed by atoms with van der Waals surface area (Å²) in [6.45, 7) is 9.58. The van der Waals surface area contributed by atoms with Crippen molar-refractivity contribution in [2.24, 2.45) is 0 Å². The van der Waals surface area contributed by atoms with Gasteiger partial charge in [-0.1, -0.05) is 12.2 Å². The number of allylic oxidation sites excluding steroid dienone is 4. The maximum atomic E-state index is 12.2. The van der Waals surface area contributed by atoms with E-state index in [2.05, 4.69) is 22.8 Å². The van der Waals surface area contributed by atoms with Crippen molar-refractivity contribution < 1.29 is 19.7 Å². The molecule has 0 aliphatic heterocycles. The molecule has 2 aromatic carbocycles. The number of carboxylic acids is 1. The maximum Gasteiger partial charge on any atom is 0.336 e. The SMILES string of the molecule is CCNC1=CC/C(=C(\c2cc(C)c(NCC)cc2O)c2cc(OC)ccc2C(=O)O)C=C1C. The van der Waals surface area contributed by atoms with Crippen LogP contribution in [-0.4, -0.2) is 36.4 Å². The quantitative estimate of drug-likeness (QED) is 0.427. The van der Waals surface area contributed by atoms with E-state index in [4.69, 9.17) is 4.74 Å². The summed E-state index contributed by atoms with van der Waals surface area (Å²) in [4.78, 5) is 12.2. The molecule has 0 saturated carbocycles. The van der Waals surface area contributed by atoms with Gasteiger partial charge in [0.2, 0.25) is 0 Å². The molecule has 2 aromatic rings. The number of aromatic hydroxyl groups is 1. The van der Waals surface area contributed by atoms with Crippen LogP contribution in [0, 0.1) is 6.92 Å². The summed E-state index contributed by atoms with van der Waals surface area (Å²) in [7, 11) is 1.55. The third-order valence-corrected chi connectivity index (χ3v) is 5.74. The molecular weight excluding hydrogens is 416 g/mol. The monoisotopic (exact) mass is 448 g/mol. The van der Waals surface area contributed by atoms with Gasteiger partial charge in [-0.3, -0.25) is 0 Å². The van der Waals surface area contributed by atoms with Gasteiger partial charge >= 0.3 is 5.97 Å². The third kappa shape index (κ3) is 5.06. The minimum absolute atomic E-state index is 0.0886. The van der Waals surface area contributed by atoms with E-state index in [-0.39, 0.29) is 11.3 Å². The Kier molecular flexibility index (Phi) is 7.48. The molecule has 0 aromatic heterocycles. The van der Waals surface area contributed by atoms with Crippen molar-refractivity contribution in [3.8, 4) is 11.5 Å². The van der Waals surface area contributed by atoms with E-state index in [0.717, 1.165) is 41.2 Å². The Hall–Kier alpha value is -3.67. The first kappa shape index (κ1) is 24.0. The maximum absolute atomic E-state index is 12.2. The molecular formula is C27H32N2O4. The van der Waals surface area contributed by atoms with Crippen molar-refractivity contribution in [3.63, 3.8) is 0 Å². The van der Waals surface area contributed by atoms with Crippen molar-refractivity contribution >= 4 is 17.2 Å². The van der Waals surface area contributed by atoms with Crippen molar-refractivity contribution in [1.82, 2.24) is 5.32 Å². The van der Waals surface area contributed by atoms with Crippen LogP contribution in [0.3, 0.4) is 0 Å². The number of carbonyl (C=O) groups is 1. The normalized spacial score (nSPS) is 14.8. The first-order chi connectivity index (χ1) is 15.8. The van der Waals surface area contributed by atoms with Crippen molar-refractivity contribution in [1.29, 1.82) is 0 Å². The van der Waals surface area contributed by atoms with Gasteiger partial charge in [-0.05, 0) is 80.7 Å². The average molecular weight is 449 g/mol. The summed E-state index contributed by atoms with van der Waals surface area (Å²) in [5, 5.41) is 27.6. The smallest absolute Gasteiger partial charge is 0.336 e. The number of nitrogens with one attached hydrogen (secondary N) is 2. The molecule has 0 heterocycles. The van der Waals surface area contributed by atoms with Gasteiger partial charge in [0.1, 0.15) is 11.5 Å². The lowest BCUT2D eigenvalue weighted by Gasteiger charge is -2.22. The lowest BCUT2D eigenvalue weighted by molar-refractivity contribution is 0.0696. The van der Waals surface area contributed by atoms with Crippen LogP contribution >= 0.6 is 0 Å². The summed E-state index contributed by atoms with van der Waals surface area (Å²) in [6, 6.07) is 8.53. The standard InChI is InChI=1S/C27H32N2O4/c1-6-28-23-11-8-18(12-16(23)3)26(21-14-19(33-5)9-10-20(21)27(31)32)22-13-17(4)24(29-7-2)15-25(22)30/h9-15,28-30H,6-8H2,1-5H3,(H,31,32)/b26-18+. The fraction of sp³-hybridized carbons (Fsp3) is 0.296. The summed E-state index contributed by atoms with van der Waals surface area (Å²) in [5.41, 5.74) is 6.77. The van der Waals surface area contributed by atoms with Gasteiger partial charge in [0.25, 0.3) is 0 Å². The molecule has 4 N–H and O–H groups in total. The molecule has 33 heavy (non-hydrogen) atoms. The Balaban J connectivity index is 2.34. The highest BCUT2D eigenvalue weighted by Gasteiger charge is 2.23. The Morgan fingerprint density at radius 2 is 1.76 bits per heavy atom. The number of aryl methyl sites for hydroxylation is 1. The van der Waals surface area contributed by atoms with Gasteiger partial charge in [-0.2, -0.15) is 0 Å². The number of methoxy groups -OCH3 is 1. The lowest BCUT2D eigenvalue weighted by Crippen LogP contribution is -2.15. The van der Waals surface area contributed by atoms with E-state index >= 15 is 0 Å². The number of hydrogen-bond acceptors (Lipinski definition) is 5. The van der Waals surface area contributed by atoms with Crippen LogP contribution in [0.2, 0.25) is 0 Å². The minimum atomic E-state index is -1.04. The first-order valence-electron chi connectivity index (χ1n) is 11.2. The van der Waals surface area contributed by atoms with E-state index in [1.165, 1.54) is 0 Å². The number of ether oxygens (including phenoxy) is 1. The Morgan fingerprint density at radius 1 is 1.03 bits per heavy atom. The highest BCUT2D eigenvalue weighted by Crippen LogP contribution is 2.41. The molecule has 174 valence electrons. The topological polar surface area (TPSA) is 90.8 Å². The largest absolute Gasteiger partial charge is 0.507 e. The number of hydrogen-bond donors (Lipinski definition) is 4. The molecule has 0 spiro atoms.